The average molecular weight is 547 g/mol. The second-order valence-corrected chi connectivity index (χ2v) is 10.3. The summed E-state index contributed by atoms with van der Waals surface area (Å²) in [6, 6.07) is 18.5. The lowest BCUT2D eigenvalue weighted by Crippen LogP contribution is -2.43. The molecule has 0 bridgehead atoms. The van der Waals surface area contributed by atoms with Crippen molar-refractivity contribution in [1.29, 1.82) is 5.41 Å². The van der Waals surface area contributed by atoms with Crippen LogP contribution < -0.4 is 0 Å². The summed E-state index contributed by atoms with van der Waals surface area (Å²) in [5.41, 5.74) is 1.55. The second-order valence-electron chi connectivity index (χ2n) is 9.51. The summed E-state index contributed by atoms with van der Waals surface area (Å²) in [5, 5.41) is 20.7. The molecule has 0 saturated carbocycles. The molecule has 196 valence electrons. The van der Waals surface area contributed by atoms with E-state index in [0.29, 0.717) is 35.0 Å². The molecule has 0 amide bonds. The first-order valence-electron chi connectivity index (χ1n) is 12.3. The van der Waals surface area contributed by atoms with Gasteiger partial charge >= 0.3 is 0 Å². The van der Waals surface area contributed by atoms with Crippen LogP contribution >= 0.6 is 23.2 Å². The molecule has 37 heavy (non-hydrogen) atoms. The van der Waals surface area contributed by atoms with Crippen molar-refractivity contribution in [2.75, 3.05) is 26.2 Å². The van der Waals surface area contributed by atoms with Crippen molar-refractivity contribution in [2.45, 2.75) is 37.4 Å². The molecule has 8 heteroatoms. The maximum Gasteiger partial charge on any atom is 0.131 e. The molecule has 1 heterocycles. The molecule has 3 aromatic rings. The van der Waals surface area contributed by atoms with E-state index in [9.17, 15) is 13.9 Å². The van der Waals surface area contributed by atoms with E-state index in [2.05, 4.69) is 4.90 Å². The van der Waals surface area contributed by atoms with Crippen LogP contribution in [0.3, 0.4) is 0 Å². The number of ether oxygens (including phenoxy) is 1. The quantitative estimate of drug-likeness (QED) is 0.270. The minimum Gasteiger partial charge on any atom is -0.385 e. The summed E-state index contributed by atoms with van der Waals surface area (Å²) >= 11 is 12.4. The summed E-state index contributed by atoms with van der Waals surface area (Å²) in [6.45, 7) is 2.15. The maximum absolute atomic E-state index is 13.9. The Balaban J connectivity index is 1.38. The minimum absolute atomic E-state index is 0.00448. The molecular weight excluding hydrogens is 517 g/mol. The number of hydrogen-bond acceptors (Lipinski definition) is 4. The van der Waals surface area contributed by atoms with Crippen molar-refractivity contribution < 1.29 is 18.6 Å². The molecule has 1 atom stereocenters. The summed E-state index contributed by atoms with van der Waals surface area (Å²) in [4.78, 5) is 2.30. The van der Waals surface area contributed by atoms with Gasteiger partial charge in [-0.3, -0.25) is 0 Å². The Labute approximate surface area is 226 Å². The van der Waals surface area contributed by atoms with Crippen LogP contribution in [-0.2, 0) is 16.9 Å². The second kappa shape index (κ2) is 12.5. The lowest BCUT2D eigenvalue weighted by molar-refractivity contribution is -0.0261. The highest BCUT2D eigenvalue weighted by molar-refractivity contribution is 6.42. The Bertz CT molecular complexity index is 1220. The Kier molecular flexibility index (Phi) is 9.32. The molecule has 0 radical (unpaired) electrons. The van der Waals surface area contributed by atoms with Gasteiger partial charge in [-0.05, 0) is 55.1 Å². The smallest absolute Gasteiger partial charge is 0.131 e. The van der Waals surface area contributed by atoms with E-state index in [1.54, 1.807) is 12.1 Å². The van der Waals surface area contributed by atoms with Crippen molar-refractivity contribution in [3.8, 4) is 0 Å². The van der Waals surface area contributed by atoms with E-state index in [1.165, 1.54) is 12.1 Å². The van der Waals surface area contributed by atoms with E-state index in [4.69, 9.17) is 33.3 Å². The lowest BCUT2D eigenvalue weighted by atomic mass is 9.84. The monoisotopic (exact) mass is 546 g/mol. The molecule has 1 aliphatic heterocycles. The Morgan fingerprint density at radius 3 is 2.41 bits per heavy atom. The first kappa shape index (κ1) is 27.7. The normalized spacial score (nSPS) is 16.5. The van der Waals surface area contributed by atoms with Gasteiger partial charge in [0.25, 0.3) is 0 Å². The first-order chi connectivity index (χ1) is 17.7. The van der Waals surface area contributed by atoms with Gasteiger partial charge in [-0.1, -0.05) is 65.7 Å². The molecule has 1 unspecified atom stereocenters. The van der Waals surface area contributed by atoms with E-state index in [0.717, 1.165) is 36.8 Å². The molecule has 0 spiro atoms. The number of nitrogens with zero attached hydrogens (tertiary/aromatic N) is 1. The minimum atomic E-state index is -0.822. The van der Waals surface area contributed by atoms with Gasteiger partial charge in [0.2, 0.25) is 0 Å². The summed E-state index contributed by atoms with van der Waals surface area (Å²) in [5.74, 6) is -1.59. The van der Waals surface area contributed by atoms with Crippen molar-refractivity contribution in [1.82, 2.24) is 4.90 Å². The van der Waals surface area contributed by atoms with Crippen LogP contribution in [0.25, 0.3) is 0 Å². The van der Waals surface area contributed by atoms with Crippen LogP contribution in [0, 0.1) is 17.0 Å². The highest BCUT2D eigenvalue weighted by Gasteiger charge is 2.34. The summed E-state index contributed by atoms with van der Waals surface area (Å²) in [6.07, 6.45) is 1.92. The van der Waals surface area contributed by atoms with Gasteiger partial charge in [0, 0.05) is 36.3 Å². The Morgan fingerprint density at radius 1 is 1.00 bits per heavy atom. The first-order valence-corrected chi connectivity index (χ1v) is 13.0. The van der Waals surface area contributed by atoms with Crippen molar-refractivity contribution in [3.63, 3.8) is 0 Å². The fraction of sp³-hybridized carbons (Fsp3) is 0.345. The van der Waals surface area contributed by atoms with Crippen molar-refractivity contribution in [3.05, 3.63) is 105 Å². The van der Waals surface area contributed by atoms with E-state index < -0.39 is 17.2 Å². The van der Waals surface area contributed by atoms with Gasteiger partial charge in [-0.2, -0.15) is 0 Å². The van der Waals surface area contributed by atoms with Crippen LogP contribution in [-0.4, -0.2) is 42.0 Å². The Hall–Kier alpha value is -2.35. The SMILES string of the molecule is N=C(COCc1ccc(F)cc1F)C(CCN1CCC(O)(c2ccccc2)CC1)c1ccc(Cl)c(Cl)c1. The highest BCUT2D eigenvalue weighted by Crippen LogP contribution is 2.34. The fourth-order valence-corrected chi connectivity index (χ4v) is 5.08. The fourth-order valence-electron chi connectivity index (χ4n) is 4.78. The number of benzene rings is 3. The van der Waals surface area contributed by atoms with Gasteiger partial charge in [-0.15, -0.1) is 0 Å². The molecule has 4 rings (SSSR count). The van der Waals surface area contributed by atoms with Crippen LogP contribution in [0.4, 0.5) is 8.78 Å². The third-order valence-electron chi connectivity index (χ3n) is 7.03. The van der Waals surface area contributed by atoms with Gasteiger partial charge in [0.15, 0.2) is 0 Å². The largest absolute Gasteiger partial charge is 0.385 e. The van der Waals surface area contributed by atoms with Crippen LogP contribution in [0.1, 0.15) is 41.9 Å². The zero-order valence-corrected chi connectivity index (χ0v) is 21.9. The van der Waals surface area contributed by atoms with Crippen LogP contribution in [0.5, 0.6) is 0 Å². The van der Waals surface area contributed by atoms with E-state index >= 15 is 0 Å². The standard InChI is InChI=1S/C29H30Cl2F2N2O2/c30-25-9-7-20(16-26(25)31)24(28(34)19-37-18-21-6-8-23(32)17-27(21)33)10-13-35-14-11-29(36,12-15-35)22-4-2-1-3-5-22/h1-9,16-17,24,34,36H,10-15,18-19H2. The number of aliphatic hydroxyl groups is 1. The predicted molar refractivity (Wildman–Crippen MR) is 144 cm³/mol. The third kappa shape index (κ3) is 7.15. The summed E-state index contributed by atoms with van der Waals surface area (Å²) in [7, 11) is 0. The number of hydrogen-bond donors (Lipinski definition) is 2. The number of nitrogens with one attached hydrogen (secondary N) is 1. The Morgan fingerprint density at radius 2 is 1.73 bits per heavy atom. The molecule has 2 N–H and O–H groups in total. The number of piperidine rings is 1. The number of likely N-dealkylation sites (tertiary alicyclic amines) is 1. The van der Waals surface area contributed by atoms with Crippen LogP contribution in [0.15, 0.2) is 66.7 Å². The van der Waals surface area contributed by atoms with Gasteiger partial charge < -0.3 is 20.2 Å². The topological polar surface area (TPSA) is 56.5 Å². The molecule has 3 aromatic carbocycles. The molecule has 0 aromatic heterocycles. The van der Waals surface area contributed by atoms with Crippen molar-refractivity contribution in [2.24, 2.45) is 0 Å². The average Bonchev–Trinajstić information content (AvgIpc) is 2.89. The maximum atomic E-state index is 13.9. The van der Waals surface area contributed by atoms with E-state index in [1.807, 2.05) is 36.4 Å². The summed E-state index contributed by atoms with van der Waals surface area (Å²) < 4.78 is 32.7. The molecule has 4 nitrogen and oxygen atoms in total. The highest BCUT2D eigenvalue weighted by atomic mass is 35.5. The van der Waals surface area contributed by atoms with Crippen molar-refractivity contribution >= 4 is 28.9 Å². The molecular formula is C29H30Cl2F2N2O2. The van der Waals surface area contributed by atoms with Gasteiger partial charge in [0.05, 0.1) is 28.9 Å². The zero-order chi connectivity index (χ0) is 26.4. The predicted octanol–water partition coefficient (Wildman–Crippen LogP) is 6.97. The lowest BCUT2D eigenvalue weighted by Gasteiger charge is -2.39. The third-order valence-corrected chi connectivity index (χ3v) is 7.76. The number of rotatable bonds is 10. The molecule has 1 saturated heterocycles. The molecule has 1 fully saturated rings. The van der Waals surface area contributed by atoms with E-state index in [-0.39, 0.29) is 24.7 Å². The van der Waals surface area contributed by atoms with Gasteiger partial charge in [-0.25, -0.2) is 8.78 Å². The molecule has 1 aliphatic rings. The number of halogens is 4. The molecule has 0 aliphatic carbocycles. The van der Waals surface area contributed by atoms with Crippen LogP contribution in [0.2, 0.25) is 10.0 Å². The zero-order valence-electron chi connectivity index (χ0n) is 20.4. The van der Waals surface area contributed by atoms with Gasteiger partial charge in [0.1, 0.15) is 11.6 Å².